The van der Waals surface area contributed by atoms with Crippen molar-refractivity contribution >= 4 is 5.97 Å². The smallest absolute Gasteiger partial charge is 0.307 e. The summed E-state index contributed by atoms with van der Waals surface area (Å²) in [7, 11) is 0. The van der Waals surface area contributed by atoms with Gasteiger partial charge in [0.2, 0.25) is 5.83 Å². The first kappa shape index (κ1) is 7.00. The second-order valence-electron chi connectivity index (χ2n) is 0.862. The lowest BCUT2D eigenvalue weighted by Crippen LogP contribution is -2.22. The fraction of sp³-hybridized carbons (Fsp3) is 0. The third-order valence-electron chi connectivity index (χ3n) is 0.345. The highest BCUT2D eigenvalue weighted by molar-refractivity contribution is 5.82. The maximum Gasteiger partial charge on any atom is 0.307 e. The fourth-order valence-corrected chi connectivity index (χ4v) is 0.0772. The highest BCUT2D eigenvalue weighted by atomic mass is 19.3. The Labute approximate surface area is 42.2 Å². The van der Waals surface area contributed by atoms with Crippen molar-refractivity contribution in [3.63, 3.8) is 0 Å². The minimum atomic E-state index is -2.87. The SMILES string of the molecule is O=C([O-])C(F)=C(F)F. The van der Waals surface area contributed by atoms with E-state index in [0.717, 1.165) is 0 Å². The molecule has 0 aromatic rings. The van der Waals surface area contributed by atoms with Crippen molar-refractivity contribution in [2.75, 3.05) is 0 Å². The second-order valence-corrected chi connectivity index (χ2v) is 0.862. The monoisotopic (exact) mass is 125 g/mol. The van der Waals surface area contributed by atoms with E-state index < -0.39 is 17.9 Å². The van der Waals surface area contributed by atoms with E-state index in [9.17, 15) is 13.2 Å². The number of hydrogen-bond donors (Lipinski definition) is 0. The number of carbonyl (C=O) groups excluding carboxylic acids is 1. The summed E-state index contributed by atoms with van der Waals surface area (Å²) in [5, 5.41) is 9.12. The molecule has 0 aliphatic rings. The Morgan fingerprint density at radius 2 is 1.62 bits per heavy atom. The van der Waals surface area contributed by atoms with E-state index in [1.54, 1.807) is 0 Å². The summed E-state index contributed by atoms with van der Waals surface area (Å²) in [6, 6.07) is 0. The van der Waals surface area contributed by atoms with Gasteiger partial charge < -0.3 is 9.90 Å². The van der Waals surface area contributed by atoms with Crippen LogP contribution in [0.25, 0.3) is 0 Å². The maximum absolute atomic E-state index is 11.1. The third kappa shape index (κ3) is 1.63. The zero-order chi connectivity index (χ0) is 6.73. The van der Waals surface area contributed by atoms with Crippen LogP contribution < -0.4 is 5.11 Å². The highest BCUT2D eigenvalue weighted by Gasteiger charge is 2.03. The van der Waals surface area contributed by atoms with Crippen LogP contribution in [0, 0.1) is 0 Å². The third-order valence-corrected chi connectivity index (χ3v) is 0.345. The van der Waals surface area contributed by atoms with Crippen molar-refractivity contribution < 1.29 is 23.1 Å². The molecule has 2 nitrogen and oxygen atoms in total. The van der Waals surface area contributed by atoms with Crippen LogP contribution in [0.15, 0.2) is 11.9 Å². The van der Waals surface area contributed by atoms with Crippen LogP contribution in [-0.4, -0.2) is 5.97 Å². The average Bonchev–Trinajstić information content (AvgIpc) is 1.64. The van der Waals surface area contributed by atoms with E-state index in [4.69, 9.17) is 9.90 Å². The number of aliphatic carboxylic acids is 1. The van der Waals surface area contributed by atoms with Crippen molar-refractivity contribution in [3.8, 4) is 0 Å². The Balaban J connectivity index is 4.23. The molecule has 0 rings (SSSR count). The van der Waals surface area contributed by atoms with Crippen molar-refractivity contribution in [1.29, 1.82) is 0 Å². The largest absolute Gasteiger partial charge is 0.542 e. The molecule has 0 radical (unpaired) electrons. The van der Waals surface area contributed by atoms with Gasteiger partial charge in [0.25, 0.3) is 0 Å². The molecule has 5 heteroatoms. The number of carboxylic acid groups (broad SMARTS) is 1. The first-order valence-electron chi connectivity index (χ1n) is 1.48. The van der Waals surface area contributed by atoms with Crippen molar-refractivity contribution in [3.05, 3.63) is 11.9 Å². The van der Waals surface area contributed by atoms with Gasteiger partial charge in [-0.05, 0) is 0 Å². The van der Waals surface area contributed by atoms with Gasteiger partial charge in [0.05, 0.1) is 0 Å². The van der Waals surface area contributed by atoms with E-state index in [-0.39, 0.29) is 0 Å². The number of hydrogen-bond acceptors (Lipinski definition) is 2. The molecule has 0 atom stereocenters. The molecule has 0 aliphatic heterocycles. The topological polar surface area (TPSA) is 40.1 Å². The van der Waals surface area contributed by atoms with E-state index >= 15 is 0 Å². The molecular weight excluding hydrogens is 125 g/mol. The zero-order valence-corrected chi connectivity index (χ0v) is 3.45. The molecule has 0 N–H and O–H groups in total. The summed E-state index contributed by atoms with van der Waals surface area (Å²) in [6.07, 6.45) is -2.87. The molecule has 0 unspecified atom stereocenters. The minimum Gasteiger partial charge on any atom is -0.542 e. The Kier molecular flexibility index (Phi) is 2.05. The lowest BCUT2D eigenvalue weighted by molar-refractivity contribution is -0.301. The summed E-state index contributed by atoms with van der Waals surface area (Å²) >= 11 is 0. The van der Waals surface area contributed by atoms with Gasteiger partial charge in [-0.3, -0.25) is 0 Å². The summed E-state index contributed by atoms with van der Waals surface area (Å²) in [5.74, 6) is -5.00. The first-order chi connectivity index (χ1) is 3.55. The van der Waals surface area contributed by atoms with E-state index in [1.165, 1.54) is 0 Å². The van der Waals surface area contributed by atoms with Gasteiger partial charge in [0.1, 0.15) is 5.97 Å². The Morgan fingerprint density at radius 1 is 1.25 bits per heavy atom. The molecule has 0 heterocycles. The molecule has 0 spiro atoms. The van der Waals surface area contributed by atoms with Gasteiger partial charge in [-0.2, -0.15) is 13.2 Å². The van der Waals surface area contributed by atoms with Gasteiger partial charge in [0, 0.05) is 0 Å². The molecule has 0 fully saturated rings. The molecule has 0 aromatic heterocycles. The number of carbonyl (C=O) groups is 1. The van der Waals surface area contributed by atoms with Gasteiger partial charge in [-0.25, -0.2) is 0 Å². The van der Waals surface area contributed by atoms with Gasteiger partial charge in [-0.15, -0.1) is 0 Å². The lowest BCUT2D eigenvalue weighted by atomic mass is 10.6. The van der Waals surface area contributed by atoms with Crippen LogP contribution >= 0.6 is 0 Å². The predicted molar refractivity (Wildman–Crippen MR) is 15.4 cm³/mol. The minimum absolute atomic E-state index is 2.50. The molecule has 0 aliphatic carbocycles. The lowest BCUT2D eigenvalue weighted by Gasteiger charge is -1.91. The van der Waals surface area contributed by atoms with Crippen LogP contribution in [0.5, 0.6) is 0 Å². The second kappa shape index (κ2) is 2.34. The Morgan fingerprint density at radius 3 is 1.62 bits per heavy atom. The Hall–Kier alpha value is -1.00. The summed E-state index contributed by atoms with van der Waals surface area (Å²) < 4.78 is 32.6. The van der Waals surface area contributed by atoms with Crippen LogP contribution in [0.2, 0.25) is 0 Å². The van der Waals surface area contributed by atoms with E-state index in [0.29, 0.717) is 0 Å². The van der Waals surface area contributed by atoms with Crippen LogP contribution in [0.1, 0.15) is 0 Å². The summed E-state index contributed by atoms with van der Waals surface area (Å²) in [5.41, 5.74) is 0. The maximum atomic E-state index is 11.1. The Bertz CT molecular complexity index is 135. The molecule has 0 aromatic carbocycles. The summed E-state index contributed by atoms with van der Waals surface area (Å²) in [6.45, 7) is 0. The highest BCUT2D eigenvalue weighted by Crippen LogP contribution is 2.06. The number of halogens is 3. The molecule has 46 valence electrons. The predicted octanol–water partition coefficient (Wildman–Crippen LogP) is -0.186. The number of rotatable bonds is 1. The van der Waals surface area contributed by atoms with Crippen LogP contribution in [-0.2, 0) is 4.79 Å². The van der Waals surface area contributed by atoms with Crippen molar-refractivity contribution in [1.82, 2.24) is 0 Å². The normalized spacial score (nSPS) is 8.38. The van der Waals surface area contributed by atoms with Crippen LogP contribution in [0.4, 0.5) is 13.2 Å². The standard InChI is InChI=1S/C3HF3O2/c4-1(2(5)6)3(7)8/h(H,7,8)/p-1. The molecule has 0 saturated carbocycles. The molecule has 8 heavy (non-hydrogen) atoms. The van der Waals surface area contributed by atoms with Gasteiger partial charge in [-0.1, -0.05) is 0 Å². The molecular formula is C3F3O2-. The quantitative estimate of drug-likeness (QED) is 0.456. The first-order valence-corrected chi connectivity index (χ1v) is 1.48. The van der Waals surface area contributed by atoms with Gasteiger partial charge in [0.15, 0.2) is 0 Å². The van der Waals surface area contributed by atoms with Crippen molar-refractivity contribution in [2.24, 2.45) is 0 Å². The van der Waals surface area contributed by atoms with E-state index in [1.807, 2.05) is 0 Å². The molecule has 0 saturated heterocycles. The van der Waals surface area contributed by atoms with Gasteiger partial charge >= 0.3 is 6.08 Å². The molecule has 0 amide bonds. The zero-order valence-electron chi connectivity index (χ0n) is 3.45. The average molecular weight is 125 g/mol. The van der Waals surface area contributed by atoms with Crippen LogP contribution in [0.3, 0.4) is 0 Å². The van der Waals surface area contributed by atoms with Crippen molar-refractivity contribution in [2.45, 2.75) is 0 Å². The van der Waals surface area contributed by atoms with E-state index in [2.05, 4.69) is 0 Å². The molecule has 0 bridgehead atoms. The number of carboxylic acids is 1. The summed E-state index contributed by atoms with van der Waals surface area (Å²) in [4.78, 5) is 9.12. The fourth-order valence-electron chi connectivity index (χ4n) is 0.0772.